The van der Waals surface area contributed by atoms with Crippen LogP contribution in [0.3, 0.4) is 0 Å². The Morgan fingerprint density at radius 2 is 1.85 bits per heavy atom. The highest BCUT2D eigenvalue weighted by atomic mass is 32.2. The molecule has 0 unspecified atom stereocenters. The van der Waals surface area contributed by atoms with Gasteiger partial charge in [0.05, 0.1) is 0 Å². The summed E-state index contributed by atoms with van der Waals surface area (Å²) in [6.45, 7) is 11.0. The average Bonchev–Trinajstić information content (AvgIpc) is 2.71. The van der Waals surface area contributed by atoms with Gasteiger partial charge in [0.25, 0.3) is 0 Å². The molecule has 4 heteroatoms. The van der Waals surface area contributed by atoms with Gasteiger partial charge in [0.2, 0.25) is 5.91 Å². The van der Waals surface area contributed by atoms with E-state index in [0.717, 1.165) is 26.1 Å². The SMILES string of the molecule is CCN(Sc1ccc2c(c1)CCN(C(=O)C(C)C)C2)[C@@H](C)c1ccccc1. The second-order valence-electron chi connectivity index (χ2n) is 7.51. The van der Waals surface area contributed by atoms with E-state index in [2.05, 4.69) is 66.7 Å². The van der Waals surface area contributed by atoms with Crippen LogP contribution in [0, 0.1) is 5.92 Å². The minimum Gasteiger partial charge on any atom is -0.338 e. The predicted molar refractivity (Wildman–Crippen MR) is 113 cm³/mol. The number of nitrogens with zero attached hydrogens (tertiary/aromatic N) is 2. The summed E-state index contributed by atoms with van der Waals surface area (Å²) in [7, 11) is 0. The van der Waals surface area contributed by atoms with Gasteiger partial charge < -0.3 is 4.90 Å². The lowest BCUT2D eigenvalue weighted by molar-refractivity contribution is -0.135. The van der Waals surface area contributed by atoms with Crippen molar-refractivity contribution in [1.29, 1.82) is 0 Å². The molecule has 2 aromatic rings. The van der Waals surface area contributed by atoms with Crippen LogP contribution < -0.4 is 0 Å². The molecule has 1 heterocycles. The van der Waals surface area contributed by atoms with Gasteiger partial charge in [-0.05, 0) is 54.1 Å². The zero-order valence-corrected chi connectivity index (χ0v) is 17.6. The molecule has 0 N–H and O–H groups in total. The highest BCUT2D eigenvalue weighted by Gasteiger charge is 2.23. The number of benzene rings is 2. The quantitative estimate of drug-likeness (QED) is 0.632. The van der Waals surface area contributed by atoms with E-state index >= 15 is 0 Å². The molecule has 3 rings (SSSR count). The second-order valence-corrected chi connectivity index (χ2v) is 8.63. The molecule has 3 nitrogen and oxygen atoms in total. The molecule has 0 saturated heterocycles. The first kappa shape index (κ1) is 20.0. The van der Waals surface area contributed by atoms with E-state index in [4.69, 9.17) is 0 Å². The van der Waals surface area contributed by atoms with Gasteiger partial charge in [-0.1, -0.05) is 57.2 Å². The maximum absolute atomic E-state index is 12.3. The van der Waals surface area contributed by atoms with Crippen molar-refractivity contribution in [2.45, 2.75) is 51.6 Å². The lowest BCUT2D eigenvalue weighted by atomic mass is 9.99. The number of fused-ring (bicyclic) bond motifs is 1. The molecule has 0 spiro atoms. The minimum absolute atomic E-state index is 0.0685. The third-order valence-electron chi connectivity index (χ3n) is 5.24. The molecular formula is C23H30N2OS. The molecule has 0 bridgehead atoms. The first-order valence-corrected chi connectivity index (χ1v) is 10.7. The smallest absolute Gasteiger partial charge is 0.225 e. The second kappa shape index (κ2) is 8.94. The predicted octanol–water partition coefficient (Wildman–Crippen LogP) is 5.32. The molecule has 1 atom stereocenters. The van der Waals surface area contributed by atoms with Crippen molar-refractivity contribution in [1.82, 2.24) is 9.21 Å². The van der Waals surface area contributed by atoms with Crippen molar-refractivity contribution in [3.05, 3.63) is 65.2 Å². The van der Waals surface area contributed by atoms with Gasteiger partial charge in [0.15, 0.2) is 0 Å². The average molecular weight is 383 g/mol. The molecule has 144 valence electrons. The third-order valence-corrected chi connectivity index (χ3v) is 6.52. The Kier molecular flexibility index (Phi) is 6.61. The van der Waals surface area contributed by atoms with E-state index in [-0.39, 0.29) is 11.8 Å². The van der Waals surface area contributed by atoms with E-state index in [9.17, 15) is 4.79 Å². The molecule has 0 radical (unpaired) electrons. The zero-order chi connectivity index (χ0) is 19.4. The largest absolute Gasteiger partial charge is 0.338 e. The van der Waals surface area contributed by atoms with Crippen molar-refractivity contribution < 1.29 is 4.79 Å². The van der Waals surface area contributed by atoms with Crippen LogP contribution in [-0.2, 0) is 17.8 Å². The van der Waals surface area contributed by atoms with Crippen LogP contribution in [-0.4, -0.2) is 28.2 Å². The Hall–Kier alpha value is -1.78. The normalized spacial score (nSPS) is 15.1. The Bertz CT molecular complexity index is 775. The summed E-state index contributed by atoms with van der Waals surface area (Å²) in [6, 6.07) is 17.7. The van der Waals surface area contributed by atoms with Gasteiger partial charge in [0, 0.05) is 36.5 Å². The van der Waals surface area contributed by atoms with Crippen LogP contribution in [0.4, 0.5) is 0 Å². The van der Waals surface area contributed by atoms with Crippen molar-refractivity contribution in [2.24, 2.45) is 5.92 Å². The van der Waals surface area contributed by atoms with Crippen LogP contribution >= 0.6 is 11.9 Å². The molecule has 0 aliphatic carbocycles. The molecular weight excluding hydrogens is 352 g/mol. The van der Waals surface area contributed by atoms with E-state index in [1.54, 1.807) is 0 Å². The topological polar surface area (TPSA) is 23.6 Å². The van der Waals surface area contributed by atoms with Crippen LogP contribution in [0.1, 0.15) is 50.4 Å². The van der Waals surface area contributed by atoms with E-state index < -0.39 is 0 Å². The summed E-state index contributed by atoms with van der Waals surface area (Å²) < 4.78 is 2.43. The molecule has 1 aliphatic rings. The molecule has 0 aromatic heterocycles. The van der Waals surface area contributed by atoms with Gasteiger partial charge >= 0.3 is 0 Å². The first-order chi connectivity index (χ1) is 13.0. The van der Waals surface area contributed by atoms with Crippen LogP contribution in [0.2, 0.25) is 0 Å². The summed E-state index contributed by atoms with van der Waals surface area (Å²) in [5, 5.41) is 0. The summed E-state index contributed by atoms with van der Waals surface area (Å²) in [6.07, 6.45) is 0.947. The van der Waals surface area contributed by atoms with Gasteiger partial charge in [0.1, 0.15) is 0 Å². The highest BCUT2D eigenvalue weighted by molar-refractivity contribution is 7.97. The minimum atomic E-state index is 0.0685. The molecule has 1 amide bonds. The van der Waals surface area contributed by atoms with Gasteiger partial charge in [-0.15, -0.1) is 0 Å². The van der Waals surface area contributed by atoms with Crippen LogP contribution in [0.25, 0.3) is 0 Å². The summed E-state index contributed by atoms with van der Waals surface area (Å²) in [5.74, 6) is 0.326. The van der Waals surface area contributed by atoms with Crippen molar-refractivity contribution in [2.75, 3.05) is 13.1 Å². The number of amides is 1. The first-order valence-electron chi connectivity index (χ1n) is 9.89. The lowest BCUT2D eigenvalue weighted by Crippen LogP contribution is -2.38. The lowest BCUT2D eigenvalue weighted by Gasteiger charge is -2.31. The standard InChI is InChI=1S/C23H30N2OS/c1-5-25(18(4)19-9-7-6-8-10-19)27-22-12-11-21-16-24(23(26)17(2)3)14-13-20(21)15-22/h6-12,15,17-18H,5,13-14,16H2,1-4H3/t18-/m0/s1. The molecule has 2 aromatic carbocycles. The van der Waals surface area contributed by atoms with Crippen molar-refractivity contribution in [3.8, 4) is 0 Å². The van der Waals surface area contributed by atoms with Crippen LogP contribution in [0.15, 0.2) is 53.4 Å². The molecule has 27 heavy (non-hydrogen) atoms. The van der Waals surface area contributed by atoms with Crippen LogP contribution in [0.5, 0.6) is 0 Å². The van der Waals surface area contributed by atoms with Crippen molar-refractivity contribution >= 4 is 17.9 Å². The number of carbonyl (C=O) groups excluding carboxylic acids is 1. The van der Waals surface area contributed by atoms with E-state index in [1.807, 2.05) is 30.7 Å². The summed E-state index contributed by atoms with van der Waals surface area (Å²) in [5.41, 5.74) is 4.02. The number of carbonyl (C=O) groups is 1. The Balaban J connectivity index is 1.71. The third kappa shape index (κ3) is 4.74. The Morgan fingerprint density at radius 3 is 2.52 bits per heavy atom. The number of hydrogen-bond acceptors (Lipinski definition) is 3. The fraction of sp³-hybridized carbons (Fsp3) is 0.435. The van der Waals surface area contributed by atoms with Gasteiger partial charge in [-0.25, -0.2) is 4.31 Å². The Morgan fingerprint density at radius 1 is 1.11 bits per heavy atom. The number of rotatable bonds is 6. The van der Waals surface area contributed by atoms with Crippen molar-refractivity contribution in [3.63, 3.8) is 0 Å². The maximum Gasteiger partial charge on any atom is 0.225 e. The zero-order valence-electron chi connectivity index (χ0n) is 16.8. The van der Waals surface area contributed by atoms with Gasteiger partial charge in [-0.2, -0.15) is 0 Å². The molecule has 1 aliphatic heterocycles. The summed E-state index contributed by atoms with van der Waals surface area (Å²) >= 11 is 1.83. The number of hydrogen-bond donors (Lipinski definition) is 0. The van der Waals surface area contributed by atoms with E-state index in [0.29, 0.717) is 6.04 Å². The van der Waals surface area contributed by atoms with Gasteiger partial charge in [-0.3, -0.25) is 4.79 Å². The Labute approximate surface area is 167 Å². The fourth-order valence-corrected chi connectivity index (χ4v) is 4.59. The maximum atomic E-state index is 12.3. The highest BCUT2D eigenvalue weighted by Crippen LogP contribution is 2.33. The monoisotopic (exact) mass is 382 g/mol. The molecule has 0 fully saturated rings. The molecule has 0 saturated carbocycles. The fourth-order valence-electron chi connectivity index (χ4n) is 3.59. The van der Waals surface area contributed by atoms with E-state index in [1.165, 1.54) is 21.6 Å². The summed E-state index contributed by atoms with van der Waals surface area (Å²) in [4.78, 5) is 15.6.